The maximum Gasteiger partial charge on any atom is 0.237 e. The van der Waals surface area contributed by atoms with E-state index in [1.54, 1.807) is 0 Å². The number of hydrogen-bond acceptors (Lipinski definition) is 3. The fourth-order valence-corrected chi connectivity index (χ4v) is 1.21. The molecule has 0 rings (SSSR count). The summed E-state index contributed by atoms with van der Waals surface area (Å²) >= 11 is 0. The largest absolute Gasteiger partial charge is 0.388 e. The Morgan fingerprint density at radius 2 is 2.20 bits per heavy atom. The Kier molecular flexibility index (Phi) is 3.22. The van der Waals surface area contributed by atoms with Crippen LogP contribution in [0.4, 0.5) is 0 Å². The standard InChI is InChI=1S/C5H13N2O2P/c1-5(2,9)3(7-10)4(6)8/h3,7,9H,10H2,1-2H3,(H2,6,8)/t3-/m1/s1. The second-order valence-corrected chi connectivity index (χ2v) is 2.99. The topological polar surface area (TPSA) is 75.3 Å². The van der Waals surface area contributed by atoms with Gasteiger partial charge in [-0.3, -0.25) is 9.88 Å². The fourth-order valence-electron chi connectivity index (χ4n) is 0.634. The van der Waals surface area contributed by atoms with Crippen molar-refractivity contribution < 1.29 is 9.90 Å². The van der Waals surface area contributed by atoms with Crippen LogP contribution >= 0.6 is 9.39 Å². The Balaban J connectivity index is 4.22. The number of aliphatic hydroxyl groups is 1. The second kappa shape index (κ2) is 3.28. The van der Waals surface area contributed by atoms with E-state index in [2.05, 4.69) is 14.5 Å². The molecule has 0 aromatic carbocycles. The Hall–Kier alpha value is -0.180. The van der Waals surface area contributed by atoms with Crippen molar-refractivity contribution in [1.29, 1.82) is 0 Å². The molecule has 4 N–H and O–H groups in total. The molecule has 0 aromatic heterocycles. The number of nitrogens with two attached hydrogens (primary N) is 1. The molecule has 10 heavy (non-hydrogen) atoms. The molecule has 0 aromatic rings. The van der Waals surface area contributed by atoms with Gasteiger partial charge in [0, 0.05) is 0 Å². The summed E-state index contributed by atoms with van der Waals surface area (Å²) in [5, 5.41) is 11.8. The van der Waals surface area contributed by atoms with Crippen LogP contribution < -0.4 is 10.8 Å². The minimum Gasteiger partial charge on any atom is -0.388 e. The lowest BCUT2D eigenvalue weighted by Crippen LogP contribution is -2.51. The average Bonchev–Trinajstić information content (AvgIpc) is 1.60. The first-order chi connectivity index (χ1) is 4.39. The van der Waals surface area contributed by atoms with E-state index >= 15 is 0 Å². The predicted octanol–water partition coefficient (Wildman–Crippen LogP) is -1.01. The van der Waals surface area contributed by atoms with Gasteiger partial charge in [0.25, 0.3) is 0 Å². The summed E-state index contributed by atoms with van der Waals surface area (Å²) in [4.78, 5) is 10.6. The van der Waals surface area contributed by atoms with Crippen molar-refractivity contribution in [2.75, 3.05) is 0 Å². The average molecular weight is 164 g/mol. The van der Waals surface area contributed by atoms with Gasteiger partial charge in [-0.15, -0.1) is 0 Å². The Morgan fingerprint density at radius 1 is 1.80 bits per heavy atom. The molecule has 5 heteroatoms. The molecule has 0 bridgehead atoms. The molecule has 0 aliphatic rings. The Bertz CT molecular complexity index is 132. The predicted molar refractivity (Wildman–Crippen MR) is 42.1 cm³/mol. The number of hydrogen-bond donors (Lipinski definition) is 3. The van der Waals surface area contributed by atoms with Gasteiger partial charge in [-0.25, -0.2) is 0 Å². The quantitative estimate of drug-likeness (QED) is 0.468. The monoisotopic (exact) mass is 164 g/mol. The van der Waals surface area contributed by atoms with Crippen molar-refractivity contribution in [2.24, 2.45) is 5.73 Å². The van der Waals surface area contributed by atoms with Crippen LogP contribution in [0.25, 0.3) is 0 Å². The summed E-state index contributed by atoms with van der Waals surface area (Å²) in [6.07, 6.45) is 0. The highest BCUT2D eigenvalue weighted by Crippen LogP contribution is 2.08. The van der Waals surface area contributed by atoms with Crippen LogP contribution in [-0.2, 0) is 4.79 Å². The van der Waals surface area contributed by atoms with Gasteiger partial charge in [0.1, 0.15) is 6.04 Å². The first-order valence-electron chi connectivity index (χ1n) is 2.87. The Morgan fingerprint density at radius 3 is 2.20 bits per heavy atom. The zero-order valence-corrected chi connectivity index (χ0v) is 7.24. The highest BCUT2D eigenvalue weighted by molar-refractivity contribution is 7.13. The van der Waals surface area contributed by atoms with Gasteiger partial charge in [-0.1, -0.05) is 9.39 Å². The summed E-state index contributed by atoms with van der Waals surface area (Å²) in [7, 11) is 2.14. The van der Waals surface area contributed by atoms with E-state index in [-0.39, 0.29) is 0 Å². The zero-order valence-electron chi connectivity index (χ0n) is 6.09. The minimum absolute atomic E-state index is 0.567. The van der Waals surface area contributed by atoms with E-state index in [4.69, 9.17) is 5.73 Å². The lowest BCUT2D eigenvalue weighted by Gasteiger charge is -2.25. The molecule has 0 aliphatic heterocycles. The number of primary amides is 1. The van der Waals surface area contributed by atoms with Gasteiger partial charge in [0.15, 0.2) is 0 Å². The van der Waals surface area contributed by atoms with Crippen molar-refractivity contribution in [3.05, 3.63) is 0 Å². The molecular formula is C5H13N2O2P. The Labute approximate surface area is 62.4 Å². The van der Waals surface area contributed by atoms with Crippen molar-refractivity contribution >= 4 is 15.3 Å². The highest BCUT2D eigenvalue weighted by atomic mass is 31.0. The van der Waals surface area contributed by atoms with E-state index in [1.165, 1.54) is 13.8 Å². The second-order valence-electron chi connectivity index (χ2n) is 2.66. The maximum atomic E-state index is 10.6. The van der Waals surface area contributed by atoms with E-state index in [1.807, 2.05) is 0 Å². The minimum atomic E-state index is -1.12. The van der Waals surface area contributed by atoms with Crippen LogP contribution in [-0.4, -0.2) is 22.7 Å². The number of amides is 1. The first-order valence-corrected chi connectivity index (χ1v) is 3.45. The third-order valence-corrected chi connectivity index (χ3v) is 1.49. The van der Waals surface area contributed by atoms with Crippen molar-refractivity contribution in [3.8, 4) is 0 Å². The van der Waals surface area contributed by atoms with Crippen LogP contribution in [0.2, 0.25) is 0 Å². The van der Waals surface area contributed by atoms with E-state index in [0.29, 0.717) is 0 Å². The number of rotatable bonds is 3. The molecule has 2 atom stereocenters. The number of carbonyl (C=O) groups excluding carboxylic acids is 1. The lowest BCUT2D eigenvalue weighted by atomic mass is 10.00. The molecule has 1 amide bonds. The van der Waals surface area contributed by atoms with Crippen molar-refractivity contribution in [1.82, 2.24) is 5.09 Å². The van der Waals surface area contributed by atoms with Gasteiger partial charge < -0.3 is 10.8 Å². The number of nitrogens with one attached hydrogen (secondary N) is 1. The molecular weight excluding hydrogens is 151 g/mol. The molecule has 1 unspecified atom stereocenters. The highest BCUT2D eigenvalue weighted by Gasteiger charge is 2.29. The van der Waals surface area contributed by atoms with Gasteiger partial charge in [0.2, 0.25) is 5.91 Å². The van der Waals surface area contributed by atoms with Crippen LogP contribution in [0.15, 0.2) is 0 Å². The lowest BCUT2D eigenvalue weighted by molar-refractivity contribution is -0.124. The summed E-state index contributed by atoms with van der Waals surface area (Å²) in [6, 6.07) is -0.725. The third-order valence-electron chi connectivity index (χ3n) is 1.16. The normalized spacial score (nSPS) is 14.8. The molecule has 0 saturated heterocycles. The van der Waals surface area contributed by atoms with Crippen molar-refractivity contribution in [2.45, 2.75) is 25.5 Å². The fraction of sp³-hybridized carbons (Fsp3) is 0.800. The molecule has 0 fully saturated rings. The summed E-state index contributed by atoms with van der Waals surface area (Å²) < 4.78 is 0. The summed E-state index contributed by atoms with van der Waals surface area (Å²) in [6.45, 7) is 3.03. The molecule has 0 saturated carbocycles. The molecule has 0 radical (unpaired) electrons. The van der Waals surface area contributed by atoms with Crippen LogP contribution in [0, 0.1) is 0 Å². The van der Waals surface area contributed by atoms with Gasteiger partial charge in [0.05, 0.1) is 5.60 Å². The molecule has 0 spiro atoms. The van der Waals surface area contributed by atoms with E-state index < -0.39 is 17.6 Å². The summed E-state index contributed by atoms with van der Waals surface area (Å²) in [5.74, 6) is -0.567. The van der Waals surface area contributed by atoms with Crippen LogP contribution in [0.5, 0.6) is 0 Å². The van der Waals surface area contributed by atoms with E-state index in [0.717, 1.165) is 0 Å². The molecule has 0 heterocycles. The van der Waals surface area contributed by atoms with Crippen LogP contribution in [0.3, 0.4) is 0 Å². The van der Waals surface area contributed by atoms with Crippen LogP contribution in [0.1, 0.15) is 13.8 Å². The zero-order chi connectivity index (χ0) is 8.36. The maximum absolute atomic E-state index is 10.6. The number of carbonyl (C=O) groups is 1. The van der Waals surface area contributed by atoms with Crippen molar-refractivity contribution in [3.63, 3.8) is 0 Å². The SMILES string of the molecule is CC(C)(O)[C@H](NP)C(N)=O. The molecule has 4 nitrogen and oxygen atoms in total. The van der Waals surface area contributed by atoms with Gasteiger partial charge in [-0.05, 0) is 13.8 Å². The third kappa shape index (κ3) is 2.60. The first kappa shape index (κ1) is 9.82. The molecule has 60 valence electrons. The van der Waals surface area contributed by atoms with E-state index in [9.17, 15) is 9.90 Å². The summed E-state index contributed by atoms with van der Waals surface area (Å²) in [5.41, 5.74) is 3.84. The molecule has 0 aliphatic carbocycles. The van der Waals surface area contributed by atoms with Gasteiger partial charge in [-0.2, -0.15) is 0 Å². The smallest absolute Gasteiger partial charge is 0.237 e. The van der Waals surface area contributed by atoms with Gasteiger partial charge >= 0.3 is 0 Å².